The van der Waals surface area contributed by atoms with Gasteiger partial charge in [0.1, 0.15) is 0 Å². The Bertz CT molecular complexity index is 3400. The largest absolute Gasteiger partial charge is 0.309 e. The van der Waals surface area contributed by atoms with Crippen LogP contribution in [0.1, 0.15) is 11.1 Å². The Morgan fingerprint density at radius 2 is 0.873 bits per heavy atom. The summed E-state index contributed by atoms with van der Waals surface area (Å²) in [6.45, 7) is 0. The fourth-order valence-corrected chi connectivity index (χ4v) is 8.84. The van der Waals surface area contributed by atoms with Crippen molar-refractivity contribution in [3.63, 3.8) is 0 Å². The van der Waals surface area contributed by atoms with E-state index in [9.17, 15) is 10.5 Å². The molecule has 0 N–H and O–H groups in total. The van der Waals surface area contributed by atoms with Crippen LogP contribution >= 0.6 is 0 Å². The molecule has 0 aliphatic carbocycles. The van der Waals surface area contributed by atoms with Gasteiger partial charge in [-0.25, -0.2) is 0 Å². The van der Waals surface area contributed by atoms with Crippen molar-refractivity contribution in [3.05, 3.63) is 187 Å². The van der Waals surface area contributed by atoms with Crippen molar-refractivity contribution in [3.8, 4) is 40.3 Å². The van der Waals surface area contributed by atoms with Crippen molar-refractivity contribution in [2.45, 2.75) is 0 Å². The quantitative estimate of drug-likeness (QED) is 0.184. The van der Waals surface area contributed by atoms with Crippen LogP contribution in [-0.2, 0) is 0 Å². The zero-order valence-electron chi connectivity index (χ0n) is 29.5. The number of aromatic nitrogens is 3. The second-order valence-corrected chi connectivity index (χ2v) is 13.9. The van der Waals surface area contributed by atoms with Crippen LogP contribution in [0, 0.1) is 22.7 Å². The summed E-state index contributed by atoms with van der Waals surface area (Å²) >= 11 is 0. The van der Waals surface area contributed by atoms with E-state index in [1.54, 1.807) is 0 Å². The summed E-state index contributed by atoms with van der Waals surface area (Å²) < 4.78 is 6.95. The van der Waals surface area contributed by atoms with Gasteiger partial charge in [-0.3, -0.25) is 0 Å². The van der Waals surface area contributed by atoms with Crippen molar-refractivity contribution in [1.82, 2.24) is 13.7 Å². The maximum atomic E-state index is 10.2. The number of benzene rings is 8. The van der Waals surface area contributed by atoms with Crippen molar-refractivity contribution < 1.29 is 0 Å². The first-order chi connectivity index (χ1) is 27.2. The fraction of sp³-hybridized carbons (Fsp3) is 0. The molecule has 8 aromatic carbocycles. The minimum atomic E-state index is 0.596. The predicted molar refractivity (Wildman–Crippen MR) is 224 cm³/mol. The van der Waals surface area contributed by atoms with Gasteiger partial charge in [0.25, 0.3) is 0 Å². The van der Waals surface area contributed by atoms with E-state index in [1.807, 2.05) is 36.4 Å². The van der Waals surface area contributed by atoms with Crippen LogP contribution in [0.15, 0.2) is 176 Å². The van der Waals surface area contributed by atoms with Gasteiger partial charge in [0.05, 0.1) is 67.7 Å². The number of hydrogen-bond donors (Lipinski definition) is 0. The summed E-state index contributed by atoms with van der Waals surface area (Å²) in [5.74, 6) is 0. The first kappa shape index (κ1) is 30.7. The molecule has 0 unspecified atom stereocenters. The van der Waals surface area contributed by atoms with Gasteiger partial charge >= 0.3 is 0 Å². The first-order valence-corrected chi connectivity index (χ1v) is 18.3. The van der Waals surface area contributed by atoms with Crippen LogP contribution in [0.5, 0.6) is 0 Å². The minimum absolute atomic E-state index is 0.596. The third-order valence-electron chi connectivity index (χ3n) is 11.1. The van der Waals surface area contributed by atoms with Crippen molar-refractivity contribution >= 4 is 65.4 Å². The summed E-state index contributed by atoms with van der Waals surface area (Å²) in [5, 5.41) is 26.9. The second-order valence-electron chi connectivity index (χ2n) is 13.9. The van der Waals surface area contributed by atoms with Crippen LogP contribution in [0.2, 0.25) is 0 Å². The van der Waals surface area contributed by atoms with Crippen LogP contribution in [0.3, 0.4) is 0 Å². The first-order valence-electron chi connectivity index (χ1n) is 18.3. The Kier molecular flexibility index (Phi) is 6.61. The summed E-state index contributed by atoms with van der Waals surface area (Å²) in [6, 6.07) is 65.9. The lowest BCUT2D eigenvalue weighted by Gasteiger charge is -2.16. The smallest absolute Gasteiger partial charge is 0.0998 e. The molecule has 11 rings (SSSR count). The van der Waals surface area contributed by atoms with Gasteiger partial charge in [-0.15, -0.1) is 0 Å². The van der Waals surface area contributed by atoms with E-state index in [0.29, 0.717) is 11.1 Å². The summed E-state index contributed by atoms with van der Waals surface area (Å²) in [7, 11) is 0. The Balaban J connectivity index is 1.14. The van der Waals surface area contributed by atoms with E-state index in [2.05, 4.69) is 165 Å². The lowest BCUT2D eigenvalue weighted by molar-refractivity contribution is 1.16. The average molecular weight is 700 g/mol. The molecule has 0 aliphatic rings. The fourth-order valence-electron chi connectivity index (χ4n) is 8.84. The standard InChI is InChI=1S/C50H29N5/c51-30-32-23-28-36(33-24-26-35(27-25-33)53-43-18-7-3-14-39(43)49-34(31-52)11-9-20-45(49)53)48(29-32)55-44-19-8-4-15-40(44)50-46(21-10-22-47(50)55)54-41-16-5-1-12-37(41)38-13-2-6-17-42(38)54/h1-29H. The van der Waals surface area contributed by atoms with Crippen LogP contribution in [-0.4, -0.2) is 13.7 Å². The number of nitrogens with zero attached hydrogens (tertiary/aromatic N) is 5. The van der Waals surface area contributed by atoms with Gasteiger partial charge < -0.3 is 13.7 Å². The zero-order chi connectivity index (χ0) is 36.6. The van der Waals surface area contributed by atoms with Crippen LogP contribution < -0.4 is 0 Å². The summed E-state index contributed by atoms with van der Waals surface area (Å²) in [4.78, 5) is 0. The second kappa shape index (κ2) is 11.8. The van der Waals surface area contributed by atoms with Gasteiger partial charge in [0.2, 0.25) is 0 Å². The normalized spacial score (nSPS) is 11.6. The van der Waals surface area contributed by atoms with E-state index in [1.165, 1.54) is 10.8 Å². The van der Waals surface area contributed by atoms with Gasteiger partial charge in [-0.05, 0) is 78.4 Å². The van der Waals surface area contributed by atoms with Crippen molar-refractivity contribution in [2.75, 3.05) is 0 Å². The molecule has 55 heavy (non-hydrogen) atoms. The molecule has 0 atom stereocenters. The Morgan fingerprint density at radius 1 is 0.364 bits per heavy atom. The highest BCUT2D eigenvalue weighted by Gasteiger charge is 2.22. The number of fused-ring (bicyclic) bond motifs is 9. The average Bonchev–Trinajstić information content (AvgIpc) is 3.89. The lowest BCUT2D eigenvalue weighted by Crippen LogP contribution is -2.00. The van der Waals surface area contributed by atoms with E-state index in [4.69, 9.17) is 0 Å². The Labute approximate surface area is 316 Å². The van der Waals surface area contributed by atoms with Gasteiger partial charge in [0, 0.05) is 43.6 Å². The minimum Gasteiger partial charge on any atom is -0.309 e. The highest BCUT2D eigenvalue weighted by atomic mass is 15.0. The molecule has 0 amide bonds. The van der Waals surface area contributed by atoms with E-state index >= 15 is 0 Å². The van der Waals surface area contributed by atoms with Crippen molar-refractivity contribution in [1.29, 1.82) is 10.5 Å². The van der Waals surface area contributed by atoms with Crippen LogP contribution in [0.25, 0.3) is 93.6 Å². The topological polar surface area (TPSA) is 62.4 Å². The van der Waals surface area contributed by atoms with E-state index in [0.717, 1.165) is 82.8 Å². The molecule has 5 nitrogen and oxygen atoms in total. The molecular weight excluding hydrogens is 671 g/mol. The van der Waals surface area contributed by atoms with E-state index in [-0.39, 0.29) is 0 Å². The molecule has 3 heterocycles. The highest BCUT2D eigenvalue weighted by Crippen LogP contribution is 2.42. The molecule has 0 saturated carbocycles. The highest BCUT2D eigenvalue weighted by molar-refractivity contribution is 6.17. The van der Waals surface area contributed by atoms with Crippen molar-refractivity contribution in [2.24, 2.45) is 0 Å². The molecule has 11 aromatic rings. The molecule has 3 aromatic heterocycles. The molecule has 0 saturated heterocycles. The maximum absolute atomic E-state index is 10.2. The molecule has 0 aliphatic heterocycles. The van der Waals surface area contributed by atoms with Crippen LogP contribution in [0.4, 0.5) is 0 Å². The summed E-state index contributed by atoms with van der Waals surface area (Å²) in [6.07, 6.45) is 0. The third kappa shape index (κ3) is 4.39. The van der Waals surface area contributed by atoms with Gasteiger partial charge in [0.15, 0.2) is 0 Å². The molecule has 254 valence electrons. The lowest BCUT2D eigenvalue weighted by atomic mass is 10.0. The molecule has 0 fully saturated rings. The summed E-state index contributed by atoms with van der Waals surface area (Å²) in [5.41, 5.74) is 12.9. The predicted octanol–water partition coefficient (Wildman–Crippen LogP) is 12.4. The molecule has 0 spiro atoms. The molecule has 5 heteroatoms. The monoisotopic (exact) mass is 699 g/mol. The third-order valence-corrected chi connectivity index (χ3v) is 11.1. The SMILES string of the molecule is N#Cc1ccc(-c2ccc(-n3c4ccccc4c4c(C#N)cccc43)cc2)c(-n2c3ccccc3c3c(-n4c5ccccc5c5ccccc54)cccc32)c1. The number of nitriles is 2. The Morgan fingerprint density at radius 3 is 1.51 bits per heavy atom. The number of rotatable bonds is 4. The molecule has 0 radical (unpaired) electrons. The van der Waals surface area contributed by atoms with E-state index < -0.39 is 0 Å². The zero-order valence-corrected chi connectivity index (χ0v) is 29.5. The van der Waals surface area contributed by atoms with Gasteiger partial charge in [-0.2, -0.15) is 10.5 Å². The van der Waals surface area contributed by atoms with Gasteiger partial charge in [-0.1, -0.05) is 103 Å². The molecule has 0 bridgehead atoms. The maximum Gasteiger partial charge on any atom is 0.0998 e. The molecular formula is C50H29N5. The Hall–Kier alpha value is -7.86. The number of hydrogen-bond acceptors (Lipinski definition) is 2. The number of para-hydroxylation sites is 4.